The molecular weight excluding hydrogens is 395 g/mol. The van der Waals surface area contributed by atoms with Crippen LogP contribution in [0, 0.1) is 5.82 Å². The van der Waals surface area contributed by atoms with Crippen LogP contribution in [0.2, 0.25) is 0 Å². The van der Waals surface area contributed by atoms with Crippen molar-refractivity contribution in [2.75, 3.05) is 18.4 Å². The first kappa shape index (κ1) is 19.0. The molecule has 0 spiro atoms. The van der Waals surface area contributed by atoms with E-state index < -0.39 is 15.8 Å². The number of hydrogen-bond donors (Lipinski definition) is 2. The van der Waals surface area contributed by atoms with E-state index in [0.717, 1.165) is 23.2 Å². The van der Waals surface area contributed by atoms with Crippen LogP contribution in [0.25, 0.3) is 16.9 Å². The summed E-state index contributed by atoms with van der Waals surface area (Å²) in [7, 11) is -3.71. The van der Waals surface area contributed by atoms with Gasteiger partial charge in [0.25, 0.3) is 0 Å². The van der Waals surface area contributed by atoms with Gasteiger partial charge in [0.15, 0.2) is 0 Å². The average Bonchev–Trinajstić information content (AvgIpc) is 3.16. The Morgan fingerprint density at radius 2 is 1.76 bits per heavy atom. The molecule has 0 bridgehead atoms. The molecule has 8 nitrogen and oxygen atoms in total. The van der Waals surface area contributed by atoms with E-state index in [1.807, 2.05) is 28.8 Å². The number of nitrogens with one attached hydrogen (secondary N) is 2. The molecule has 0 fully saturated rings. The van der Waals surface area contributed by atoms with Gasteiger partial charge in [0.1, 0.15) is 18.0 Å². The second-order valence-corrected chi connectivity index (χ2v) is 7.89. The summed E-state index contributed by atoms with van der Waals surface area (Å²) in [4.78, 5) is 13.0. The number of aromatic nitrogens is 4. The van der Waals surface area contributed by atoms with E-state index in [4.69, 9.17) is 0 Å². The van der Waals surface area contributed by atoms with Gasteiger partial charge in [-0.2, -0.15) is 4.98 Å². The van der Waals surface area contributed by atoms with Crippen LogP contribution < -0.4 is 10.0 Å². The van der Waals surface area contributed by atoms with Crippen molar-refractivity contribution in [2.24, 2.45) is 0 Å². The molecular formula is C19H17FN6O2S. The van der Waals surface area contributed by atoms with Crippen molar-refractivity contribution in [1.29, 1.82) is 0 Å². The molecule has 4 rings (SSSR count). The number of rotatable bonds is 7. The summed E-state index contributed by atoms with van der Waals surface area (Å²) in [6, 6.07) is 14.1. The molecule has 0 saturated heterocycles. The highest BCUT2D eigenvalue weighted by Crippen LogP contribution is 2.16. The maximum atomic E-state index is 12.9. The summed E-state index contributed by atoms with van der Waals surface area (Å²) >= 11 is 0. The Balaban J connectivity index is 1.40. The number of nitrogens with zero attached hydrogens (tertiary/aromatic N) is 4. The maximum absolute atomic E-state index is 12.9. The maximum Gasteiger partial charge on any atom is 0.240 e. The zero-order chi connectivity index (χ0) is 20.3. The van der Waals surface area contributed by atoms with Gasteiger partial charge in [0.2, 0.25) is 16.0 Å². The van der Waals surface area contributed by atoms with Crippen LogP contribution in [-0.4, -0.2) is 41.0 Å². The van der Waals surface area contributed by atoms with Crippen molar-refractivity contribution in [1.82, 2.24) is 24.2 Å². The number of sulfonamides is 1. The molecule has 148 valence electrons. The number of hydrogen-bond acceptors (Lipinski definition) is 6. The second-order valence-electron chi connectivity index (χ2n) is 6.12. The lowest BCUT2D eigenvalue weighted by atomic mass is 10.3. The van der Waals surface area contributed by atoms with Crippen LogP contribution in [0.5, 0.6) is 0 Å². The van der Waals surface area contributed by atoms with Crippen molar-refractivity contribution < 1.29 is 12.8 Å². The van der Waals surface area contributed by atoms with Crippen LogP contribution in [0.3, 0.4) is 0 Å². The third-order valence-electron chi connectivity index (χ3n) is 4.17. The lowest BCUT2D eigenvalue weighted by Crippen LogP contribution is -2.29. The van der Waals surface area contributed by atoms with E-state index >= 15 is 0 Å². The highest BCUT2D eigenvalue weighted by atomic mass is 32.2. The average molecular weight is 412 g/mol. The van der Waals surface area contributed by atoms with E-state index in [1.54, 1.807) is 18.6 Å². The van der Waals surface area contributed by atoms with Crippen molar-refractivity contribution in [2.45, 2.75) is 4.90 Å². The summed E-state index contributed by atoms with van der Waals surface area (Å²) in [5.74, 6) is 0.512. The zero-order valence-corrected chi connectivity index (χ0v) is 16.0. The lowest BCUT2D eigenvalue weighted by Gasteiger charge is -2.09. The number of halogens is 1. The fourth-order valence-corrected chi connectivity index (χ4v) is 3.80. The van der Waals surface area contributed by atoms with E-state index in [0.29, 0.717) is 11.8 Å². The molecule has 2 aromatic carbocycles. The summed E-state index contributed by atoms with van der Waals surface area (Å²) in [6.45, 7) is 0.385. The predicted molar refractivity (Wildman–Crippen MR) is 107 cm³/mol. The van der Waals surface area contributed by atoms with Gasteiger partial charge in [-0.05, 0) is 42.5 Å². The number of para-hydroxylation sites is 2. The van der Waals surface area contributed by atoms with Gasteiger partial charge in [0.05, 0.1) is 15.9 Å². The molecule has 29 heavy (non-hydrogen) atoms. The zero-order valence-electron chi connectivity index (χ0n) is 15.2. The van der Waals surface area contributed by atoms with E-state index in [-0.39, 0.29) is 18.0 Å². The minimum atomic E-state index is -3.71. The normalized spacial score (nSPS) is 11.6. The van der Waals surface area contributed by atoms with Gasteiger partial charge in [-0.3, -0.25) is 4.57 Å². The van der Waals surface area contributed by atoms with Crippen molar-refractivity contribution in [3.63, 3.8) is 0 Å². The number of imidazole rings is 1. The fourth-order valence-electron chi connectivity index (χ4n) is 2.77. The summed E-state index contributed by atoms with van der Waals surface area (Å²) in [5.41, 5.74) is 1.78. The van der Waals surface area contributed by atoms with Crippen LogP contribution in [0.4, 0.5) is 10.3 Å². The van der Waals surface area contributed by atoms with Crippen LogP contribution in [-0.2, 0) is 10.0 Å². The van der Waals surface area contributed by atoms with Gasteiger partial charge in [-0.25, -0.2) is 27.5 Å². The Morgan fingerprint density at radius 1 is 0.966 bits per heavy atom. The first-order valence-electron chi connectivity index (χ1n) is 8.77. The Bertz CT molecular complexity index is 1240. The number of anilines is 1. The molecule has 0 atom stereocenters. The van der Waals surface area contributed by atoms with E-state index in [9.17, 15) is 12.8 Å². The Morgan fingerprint density at radius 3 is 2.59 bits per heavy atom. The molecule has 0 radical (unpaired) electrons. The van der Waals surface area contributed by atoms with E-state index in [2.05, 4.69) is 25.0 Å². The first-order chi connectivity index (χ1) is 14.0. The molecule has 2 aromatic heterocycles. The minimum Gasteiger partial charge on any atom is -0.353 e. The SMILES string of the molecule is O=S(=O)(NCCNc1nccc(-n2cnc3ccccc32)n1)c1ccc(F)cc1. The Labute approximate surface area is 166 Å². The molecule has 10 heteroatoms. The van der Waals surface area contributed by atoms with Crippen molar-refractivity contribution >= 4 is 27.0 Å². The first-order valence-corrected chi connectivity index (χ1v) is 10.3. The summed E-state index contributed by atoms with van der Waals surface area (Å²) in [6.07, 6.45) is 3.30. The molecule has 0 amide bonds. The van der Waals surface area contributed by atoms with Crippen LogP contribution in [0.15, 0.2) is 72.0 Å². The van der Waals surface area contributed by atoms with Crippen LogP contribution >= 0.6 is 0 Å². The molecule has 0 saturated carbocycles. The highest BCUT2D eigenvalue weighted by molar-refractivity contribution is 7.89. The van der Waals surface area contributed by atoms with Crippen molar-refractivity contribution in [3.05, 3.63) is 72.9 Å². The Hall–Kier alpha value is -3.37. The molecule has 2 heterocycles. The van der Waals surface area contributed by atoms with E-state index in [1.165, 1.54) is 12.1 Å². The van der Waals surface area contributed by atoms with Crippen molar-refractivity contribution in [3.8, 4) is 5.82 Å². The molecule has 4 aromatic rings. The molecule has 2 N–H and O–H groups in total. The number of benzene rings is 2. The largest absolute Gasteiger partial charge is 0.353 e. The van der Waals surface area contributed by atoms with Gasteiger partial charge in [-0.15, -0.1) is 0 Å². The quantitative estimate of drug-likeness (QED) is 0.452. The monoisotopic (exact) mass is 412 g/mol. The lowest BCUT2D eigenvalue weighted by molar-refractivity contribution is 0.582. The molecule has 0 aliphatic rings. The summed E-state index contributed by atoms with van der Waals surface area (Å²) < 4.78 is 41.6. The third-order valence-corrected chi connectivity index (χ3v) is 5.64. The van der Waals surface area contributed by atoms with Gasteiger partial charge in [-0.1, -0.05) is 12.1 Å². The van der Waals surface area contributed by atoms with Crippen LogP contribution in [0.1, 0.15) is 0 Å². The smallest absolute Gasteiger partial charge is 0.240 e. The second kappa shape index (κ2) is 7.94. The fraction of sp³-hybridized carbons (Fsp3) is 0.105. The summed E-state index contributed by atoms with van der Waals surface area (Å²) in [5, 5.41) is 2.99. The Kier molecular flexibility index (Phi) is 5.19. The topological polar surface area (TPSA) is 102 Å². The molecule has 0 aliphatic carbocycles. The molecule has 0 unspecified atom stereocenters. The number of fused-ring (bicyclic) bond motifs is 1. The minimum absolute atomic E-state index is 0.00383. The van der Waals surface area contributed by atoms with Gasteiger partial charge in [0, 0.05) is 19.3 Å². The van der Waals surface area contributed by atoms with Gasteiger partial charge < -0.3 is 5.32 Å². The predicted octanol–water partition coefficient (Wildman–Crippen LogP) is 2.34. The molecule has 0 aliphatic heterocycles. The standard InChI is InChI=1S/C19H17FN6O2S/c20-14-5-7-15(8-6-14)29(27,28)24-12-11-22-19-21-10-9-18(25-19)26-13-23-16-3-1-2-4-17(16)26/h1-10,13,24H,11-12H2,(H,21,22,25). The third kappa shape index (κ3) is 4.23. The van der Waals surface area contributed by atoms with Gasteiger partial charge >= 0.3 is 0 Å². The highest BCUT2D eigenvalue weighted by Gasteiger charge is 2.13.